The van der Waals surface area contributed by atoms with Crippen LogP contribution in [-0.2, 0) is 9.84 Å². The van der Waals surface area contributed by atoms with E-state index in [9.17, 15) is 8.42 Å². The van der Waals surface area contributed by atoms with Crippen molar-refractivity contribution in [2.24, 2.45) is 5.92 Å². The Morgan fingerprint density at radius 2 is 1.68 bits per heavy atom. The van der Waals surface area contributed by atoms with Gasteiger partial charge in [0.15, 0.2) is 9.84 Å². The molecule has 0 aromatic heterocycles. The molecule has 1 aromatic rings. The van der Waals surface area contributed by atoms with Crippen LogP contribution in [-0.4, -0.2) is 18.9 Å². The Bertz CT molecular complexity index is 489. The maximum atomic E-state index is 12.1. The molecule has 0 aliphatic carbocycles. The first kappa shape index (κ1) is 16.7. The van der Waals surface area contributed by atoms with Gasteiger partial charge in [0.1, 0.15) is 0 Å². The number of rotatable bonds is 5. The predicted octanol–water partition coefficient (Wildman–Crippen LogP) is 4.36. The molecular formula is C15H23BrO2S. The van der Waals surface area contributed by atoms with Gasteiger partial charge in [0.05, 0.1) is 10.5 Å². The molecule has 0 radical (unpaired) electrons. The zero-order valence-electron chi connectivity index (χ0n) is 12.1. The molecule has 0 saturated carbocycles. The van der Waals surface area contributed by atoms with Gasteiger partial charge in [-0.1, -0.05) is 53.2 Å². The van der Waals surface area contributed by atoms with Crippen LogP contribution >= 0.6 is 15.9 Å². The lowest BCUT2D eigenvalue weighted by Gasteiger charge is -2.23. The zero-order valence-corrected chi connectivity index (χ0v) is 14.5. The summed E-state index contributed by atoms with van der Waals surface area (Å²) >= 11 is 3.67. The van der Waals surface area contributed by atoms with Crippen molar-refractivity contribution in [2.45, 2.75) is 43.7 Å². The van der Waals surface area contributed by atoms with Gasteiger partial charge in [0.2, 0.25) is 0 Å². The Labute approximate surface area is 125 Å². The first-order valence-corrected chi connectivity index (χ1v) is 9.13. The van der Waals surface area contributed by atoms with E-state index in [0.29, 0.717) is 6.42 Å². The zero-order chi connectivity index (χ0) is 14.7. The Morgan fingerprint density at radius 3 is 2.16 bits per heavy atom. The maximum Gasteiger partial charge on any atom is 0.155 e. The van der Waals surface area contributed by atoms with E-state index < -0.39 is 14.6 Å². The molecule has 0 amide bonds. The molecule has 1 aromatic carbocycles. The van der Waals surface area contributed by atoms with E-state index in [0.717, 1.165) is 0 Å². The molecule has 2 unspecified atom stereocenters. The number of alkyl halides is 1. The van der Waals surface area contributed by atoms with Crippen LogP contribution in [0.3, 0.4) is 0 Å². The van der Waals surface area contributed by atoms with Crippen molar-refractivity contribution < 1.29 is 8.42 Å². The second kappa shape index (κ2) is 6.40. The van der Waals surface area contributed by atoms with Gasteiger partial charge in [-0.3, -0.25) is 0 Å². The largest absolute Gasteiger partial charge is 0.228 e. The van der Waals surface area contributed by atoms with Crippen molar-refractivity contribution in [1.29, 1.82) is 0 Å². The summed E-state index contributed by atoms with van der Waals surface area (Å²) in [5, 5.41) is 0. The molecule has 0 saturated heterocycles. The molecule has 4 heteroatoms. The minimum absolute atomic E-state index is 0.198. The third-order valence-corrected chi connectivity index (χ3v) is 7.46. The summed E-state index contributed by atoms with van der Waals surface area (Å²) in [5.41, 5.74) is 1.20. The van der Waals surface area contributed by atoms with Gasteiger partial charge < -0.3 is 0 Å². The van der Waals surface area contributed by atoms with Crippen LogP contribution in [0.5, 0.6) is 0 Å². The first-order valence-electron chi connectivity index (χ1n) is 6.56. The number of halogens is 1. The first-order chi connectivity index (χ1) is 8.65. The fourth-order valence-electron chi connectivity index (χ4n) is 1.76. The lowest BCUT2D eigenvalue weighted by Crippen LogP contribution is -2.31. The highest BCUT2D eigenvalue weighted by Crippen LogP contribution is 2.33. The van der Waals surface area contributed by atoms with Gasteiger partial charge >= 0.3 is 0 Å². The summed E-state index contributed by atoms with van der Waals surface area (Å²) in [6.07, 6.45) is 0.671. The average Bonchev–Trinajstić information content (AvgIpc) is 2.35. The van der Waals surface area contributed by atoms with E-state index in [2.05, 4.69) is 35.0 Å². The van der Waals surface area contributed by atoms with Gasteiger partial charge in [-0.2, -0.15) is 0 Å². The second-order valence-electron chi connectivity index (χ2n) is 6.01. The highest BCUT2D eigenvalue weighted by atomic mass is 79.9. The van der Waals surface area contributed by atoms with Crippen molar-refractivity contribution in [3.8, 4) is 0 Å². The van der Waals surface area contributed by atoms with E-state index in [4.69, 9.17) is 0 Å². The molecular weight excluding hydrogens is 324 g/mol. The van der Waals surface area contributed by atoms with Gasteiger partial charge in [-0.15, -0.1) is 0 Å². The average molecular weight is 347 g/mol. The summed E-state index contributed by atoms with van der Waals surface area (Å²) in [6, 6.07) is 10.1. The molecule has 2 atom stereocenters. The smallest absolute Gasteiger partial charge is 0.155 e. The molecule has 0 N–H and O–H groups in total. The number of hydrogen-bond donors (Lipinski definition) is 0. The summed E-state index contributed by atoms with van der Waals surface area (Å²) in [5.74, 6) is 0.520. The number of sulfone groups is 1. The number of hydrogen-bond acceptors (Lipinski definition) is 2. The lowest BCUT2D eigenvalue weighted by atomic mass is 9.99. The van der Waals surface area contributed by atoms with Gasteiger partial charge in [0, 0.05) is 4.83 Å². The highest BCUT2D eigenvalue weighted by molar-refractivity contribution is 9.09. The molecule has 0 aliphatic heterocycles. The third kappa shape index (κ3) is 4.60. The van der Waals surface area contributed by atoms with Crippen molar-refractivity contribution >= 4 is 25.8 Å². The van der Waals surface area contributed by atoms with Gasteiger partial charge in [0.25, 0.3) is 0 Å². The van der Waals surface area contributed by atoms with Crippen LogP contribution in [0.4, 0.5) is 0 Å². The molecule has 19 heavy (non-hydrogen) atoms. The molecule has 108 valence electrons. The summed E-state index contributed by atoms with van der Waals surface area (Å²) in [6.45, 7) is 7.37. The molecule has 0 heterocycles. The highest BCUT2D eigenvalue weighted by Gasteiger charge is 2.29. The second-order valence-corrected chi connectivity index (χ2v) is 9.86. The lowest BCUT2D eigenvalue weighted by molar-refractivity contribution is 0.525. The molecule has 2 nitrogen and oxygen atoms in total. The SMILES string of the molecule is CC(CCS(=O)(=O)C(C)(C)C)C(Br)c1ccccc1. The quantitative estimate of drug-likeness (QED) is 0.742. The molecule has 0 fully saturated rings. The van der Waals surface area contributed by atoms with Crippen LogP contribution in [0.15, 0.2) is 30.3 Å². The predicted molar refractivity (Wildman–Crippen MR) is 85.4 cm³/mol. The minimum Gasteiger partial charge on any atom is -0.228 e. The fraction of sp³-hybridized carbons (Fsp3) is 0.600. The van der Waals surface area contributed by atoms with Crippen LogP contribution < -0.4 is 0 Å². The van der Waals surface area contributed by atoms with Crippen molar-refractivity contribution in [2.75, 3.05) is 5.75 Å². The van der Waals surface area contributed by atoms with E-state index in [1.807, 2.05) is 18.2 Å². The van der Waals surface area contributed by atoms with Crippen molar-refractivity contribution in [3.05, 3.63) is 35.9 Å². The van der Waals surface area contributed by atoms with Crippen LogP contribution in [0, 0.1) is 5.92 Å². The minimum atomic E-state index is -3.03. The van der Waals surface area contributed by atoms with Crippen molar-refractivity contribution in [1.82, 2.24) is 0 Å². The molecule has 0 bridgehead atoms. The Morgan fingerprint density at radius 1 is 1.16 bits per heavy atom. The molecule has 0 spiro atoms. The Hall–Kier alpha value is -0.350. The van der Waals surface area contributed by atoms with Crippen molar-refractivity contribution in [3.63, 3.8) is 0 Å². The standard InChI is InChI=1S/C15H23BrO2S/c1-12(10-11-19(17,18)15(2,3)4)14(16)13-8-6-5-7-9-13/h5-9,12,14H,10-11H2,1-4H3. The normalized spacial score (nSPS) is 16.1. The monoisotopic (exact) mass is 346 g/mol. The van der Waals surface area contributed by atoms with E-state index in [1.165, 1.54) is 5.56 Å². The summed E-state index contributed by atoms with van der Waals surface area (Å²) < 4.78 is 23.5. The summed E-state index contributed by atoms with van der Waals surface area (Å²) in [7, 11) is -3.03. The Balaban J connectivity index is 2.65. The van der Waals surface area contributed by atoms with Gasteiger partial charge in [-0.25, -0.2) is 8.42 Å². The van der Waals surface area contributed by atoms with Crippen LogP contribution in [0.2, 0.25) is 0 Å². The number of benzene rings is 1. The third-order valence-electron chi connectivity index (χ3n) is 3.39. The summed E-state index contributed by atoms with van der Waals surface area (Å²) in [4.78, 5) is 0.198. The topological polar surface area (TPSA) is 34.1 Å². The fourth-order valence-corrected chi connectivity index (χ4v) is 3.62. The van der Waals surface area contributed by atoms with Crippen LogP contribution in [0.1, 0.15) is 44.5 Å². The Kier molecular flexibility index (Phi) is 5.63. The van der Waals surface area contributed by atoms with E-state index >= 15 is 0 Å². The van der Waals surface area contributed by atoms with E-state index in [1.54, 1.807) is 20.8 Å². The maximum absolute atomic E-state index is 12.1. The van der Waals surface area contributed by atoms with Gasteiger partial charge in [-0.05, 0) is 38.7 Å². The van der Waals surface area contributed by atoms with E-state index in [-0.39, 0.29) is 16.5 Å². The van der Waals surface area contributed by atoms with Crippen LogP contribution in [0.25, 0.3) is 0 Å². The molecule has 0 aliphatic rings. The molecule has 1 rings (SSSR count).